The molecule has 2 heterocycles. The second-order valence-electron chi connectivity index (χ2n) is 8.36. The quantitative estimate of drug-likeness (QED) is 0.662. The van der Waals surface area contributed by atoms with Gasteiger partial charge in [0.25, 0.3) is 0 Å². The summed E-state index contributed by atoms with van der Waals surface area (Å²) in [4.78, 5) is 7.41. The van der Waals surface area contributed by atoms with E-state index in [2.05, 4.69) is 18.7 Å². The highest BCUT2D eigenvalue weighted by molar-refractivity contribution is 5.63. The van der Waals surface area contributed by atoms with E-state index in [1.54, 1.807) is 7.11 Å². The third-order valence-corrected chi connectivity index (χ3v) is 6.15. The van der Waals surface area contributed by atoms with Gasteiger partial charge in [0.05, 0.1) is 18.9 Å². The Morgan fingerprint density at radius 1 is 1.11 bits per heavy atom. The fraction of sp³-hybridized carbons (Fsp3) is 0.609. The van der Waals surface area contributed by atoms with Gasteiger partial charge in [0.15, 0.2) is 0 Å². The first-order valence-corrected chi connectivity index (χ1v) is 10.5. The summed E-state index contributed by atoms with van der Waals surface area (Å²) >= 11 is 0. The summed E-state index contributed by atoms with van der Waals surface area (Å²) in [5, 5.41) is 0. The molecule has 1 unspecified atom stereocenters. The van der Waals surface area contributed by atoms with E-state index in [1.165, 1.54) is 25.7 Å². The van der Waals surface area contributed by atoms with Crippen LogP contribution in [-0.4, -0.2) is 42.8 Å². The van der Waals surface area contributed by atoms with Gasteiger partial charge in [-0.3, -0.25) is 4.90 Å². The van der Waals surface area contributed by atoms with Gasteiger partial charge in [-0.2, -0.15) is 0 Å². The molecule has 4 rings (SSSR count). The molecule has 5 heteroatoms. The first kappa shape index (κ1) is 19.5. The molecule has 0 spiro atoms. The number of aryl methyl sites for hydroxylation is 1. The van der Waals surface area contributed by atoms with E-state index in [0.717, 1.165) is 66.1 Å². The Morgan fingerprint density at radius 3 is 2.61 bits per heavy atom. The van der Waals surface area contributed by atoms with E-state index in [1.807, 2.05) is 19.1 Å². The minimum atomic E-state index is 0.372. The predicted octanol–water partition coefficient (Wildman–Crippen LogP) is 4.67. The third-order valence-electron chi connectivity index (χ3n) is 6.15. The normalized spacial score (nSPS) is 19.5. The number of nitrogens with zero attached hydrogens (tertiary/aromatic N) is 2. The van der Waals surface area contributed by atoms with Crippen molar-refractivity contribution in [2.45, 2.75) is 59.1 Å². The molecule has 0 bridgehead atoms. The minimum absolute atomic E-state index is 0.372. The Morgan fingerprint density at radius 2 is 1.93 bits per heavy atom. The molecule has 2 aliphatic rings. The van der Waals surface area contributed by atoms with Crippen molar-refractivity contribution in [3.63, 3.8) is 0 Å². The number of oxazole rings is 1. The van der Waals surface area contributed by atoms with Crippen molar-refractivity contribution >= 4 is 0 Å². The first-order valence-electron chi connectivity index (χ1n) is 10.5. The second-order valence-corrected chi connectivity index (χ2v) is 8.36. The topological polar surface area (TPSA) is 47.7 Å². The minimum Gasteiger partial charge on any atom is -0.496 e. The molecule has 0 amide bonds. The summed E-state index contributed by atoms with van der Waals surface area (Å²) in [5.41, 5.74) is 4.37. The van der Waals surface area contributed by atoms with Gasteiger partial charge in [-0.05, 0) is 75.6 Å². The molecule has 152 valence electrons. The second kappa shape index (κ2) is 8.26. The van der Waals surface area contributed by atoms with Crippen LogP contribution >= 0.6 is 0 Å². The molecule has 1 aromatic carbocycles. The smallest absolute Gasteiger partial charge is 0.226 e. The number of methoxy groups -OCH3 is 1. The summed E-state index contributed by atoms with van der Waals surface area (Å²) in [5.74, 6) is 3.37. The molecule has 1 aromatic heterocycles. The van der Waals surface area contributed by atoms with Crippen LogP contribution in [0.5, 0.6) is 5.75 Å². The zero-order valence-electron chi connectivity index (χ0n) is 17.6. The van der Waals surface area contributed by atoms with Crippen molar-refractivity contribution in [3.8, 4) is 17.2 Å². The average Bonchev–Trinajstić information content (AvgIpc) is 3.20. The number of benzene rings is 1. The van der Waals surface area contributed by atoms with Crippen molar-refractivity contribution in [2.75, 3.05) is 26.8 Å². The van der Waals surface area contributed by atoms with Gasteiger partial charge < -0.3 is 13.9 Å². The monoisotopic (exact) mass is 384 g/mol. The molecule has 2 fully saturated rings. The standard InChI is InChI=1S/C23H32N2O3/c1-15-16(2)22(26-4)10-9-20(15)23-24-21(17(3)28-23)14-25(12-18-7-8-18)13-19-6-5-11-27-19/h9-10,18-19H,5-8,11-14H2,1-4H3. The highest BCUT2D eigenvalue weighted by Gasteiger charge is 2.28. The Kier molecular flexibility index (Phi) is 5.74. The zero-order valence-corrected chi connectivity index (χ0v) is 17.6. The van der Waals surface area contributed by atoms with Crippen LogP contribution in [0.2, 0.25) is 0 Å². The van der Waals surface area contributed by atoms with Crippen LogP contribution in [0.1, 0.15) is 48.3 Å². The molecule has 5 nitrogen and oxygen atoms in total. The summed E-state index contributed by atoms with van der Waals surface area (Å²) in [6.07, 6.45) is 5.45. The molecule has 0 radical (unpaired) electrons. The van der Waals surface area contributed by atoms with E-state index < -0.39 is 0 Å². The lowest BCUT2D eigenvalue weighted by atomic mass is 10.0. The molecule has 28 heavy (non-hydrogen) atoms. The largest absolute Gasteiger partial charge is 0.496 e. The lowest BCUT2D eigenvalue weighted by molar-refractivity contribution is 0.0684. The summed E-state index contributed by atoms with van der Waals surface area (Å²) in [7, 11) is 1.71. The summed E-state index contributed by atoms with van der Waals surface area (Å²) in [6, 6.07) is 4.04. The summed E-state index contributed by atoms with van der Waals surface area (Å²) < 4.78 is 17.4. The molecule has 1 atom stereocenters. The third kappa shape index (κ3) is 4.26. The van der Waals surface area contributed by atoms with Gasteiger partial charge in [0, 0.05) is 31.8 Å². The van der Waals surface area contributed by atoms with Gasteiger partial charge in [-0.1, -0.05) is 0 Å². The van der Waals surface area contributed by atoms with Crippen molar-refractivity contribution in [1.82, 2.24) is 9.88 Å². The average molecular weight is 385 g/mol. The van der Waals surface area contributed by atoms with Crippen LogP contribution in [0.15, 0.2) is 16.5 Å². The van der Waals surface area contributed by atoms with Crippen LogP contribution in [0.3, 0.4) is 0 Å². The maximum atomic E-state index is 6.09. The fourth-order valence-corrected chi connectivity index (χ4v) is 4.10. The van der Waals surface area contributed by atoms with Crippen molar-refractivity contribution in [3.05, 3.63) is 34.7 Å². The molecular formula is C23H32N2O3. The molecule has 1 saturated carbocycles. The molecule has 0 N–H and O–H groups in total. The molecular weight excluding hydrogens is 352 g/mol. The summed E-state index contributed by atoms with van der Waals surface area (Å²) in [6.45, 7) is 10.1. The van der Waals surface area contributed by atoms with Gasteiger partial charge in [-0.25, -0.2) is 4.98 Å². The van der Waals surface area contributed by atoms with Crippen molar-refractivity contribution in [1.29, 1.82) is 0 Å². The Labute approximate surface area is 168 Å². The number of ether oxygens (including phenoxy) is 2. The van der Waals surface area contributed by atoms with Crippen molar-refractivity contribution in [2.24, 2.45) is 5.92 Å². The van der Waals surface area contributed by atoms with Gasteiger partial charge in [0.2, 0.25) is 5.89 Å². The number of rotatable bonds is 8. The zero-order chi connectivity index (χ0) is 19.7. The van der Waals surface area contributed by atoms with Crippen molar-refractivity contribution < 1.29 is 13.9 Å². The lowest BCUT2D eigenvalue weighted by Crippen LogP contribution is -2.33. The maximum Gasteiger partial charge on any atom is 0.226 e. The lowest BCUT2D eigenvalue weighted by Gasteiger charge is -2.24. The maximum absolute atomic E-state index is 6.09. The Hall–Kier alpha value is -1.85. The van der Waals surface area contributed by atoms with Crippen LogP contribution < -0.4 is 4.74 Å². The molecule has 1 aliphatic carbocycles. The van der Waals surface area contributed by atoms with E-state index in [0.29, 0.717) is 12.0 Å². The molecule has 1 aliphatic heterocycles. The number of aromatic nitrogens is 1. The van der Waals surface area contributed by atoms with Gasteiger partial charge >= 0.3 is 0 Å². The van der Waals surface area contributed by atoms with Gasteiger partial charge in [0.1, 0.15) is 11.5 Å². The van der Waals surface area contributed by atoms with Crippen LogP contribution in [0, 0.1) is 26.7 Å². The van der Waals surface area contributed by atoms with E-state index in [9.17, 15) is 0 Å². The highest BCUT2D eigenvalue weighted by atomic mass is 16.5. The first-order chi connectivity index (χ1) is 13.5. The van der Waals surface area contributed by atoms with E-state index in [-0.39, 0.29) is 0 Å². The predicted molar refractivity (Wildman–Crippen MR) is 110 cm³/mol. The van der Waals surface area contributed by atoms with Crippen LogP contribution in [0.4, 0.5) is 0 Å². The Balaban J connectivity index is 1.53. The molecule has 2 aromatic rings. The Bertz CT molecular complexity index is 819. The SMILES string of the molecule is COc1ccc(-c2nc(CN(CC3CC3)CC3CCCO3)c(C)o2)c(C)c1C. The van der Waals surface area contributed by atoms with Crippen LogP contribution in [-0.2, 0) is 11.3 Å². The fourth-order valence-electron chi connectivity index (χ4n) is 4.10. The molecule has 1 saturated heterocycles. The van der Waals surface area contributed by atoms with E-state index >= 15 is 0 Å². The van der Waals surface area contributed by atoms with Crippen LogP contribution in [0.25, 0.3) is 11.5 Å². The van der Waals surface area contributed by atoms with E-state index in [4.69, 9.17) is 18.9 Å². The number of hydrogen-bond acceptors (Lipinski definition) is 5. The van der Waals surface area contributed by atoms with Gasteiger partial charge in [-0.15, -0.1) is 0 Å². The highest BCUT2D eigenvalue weighted by Crippen LogP contribution is 2.33. The number of hydrogen-bond donors (Lipinski definition) is 0.